The molecule has 3 N–H and O–H groups in total. The predicted octanol–water partition coefficient (Wildman–Crippen LogP) is 3.48. The average Bonchev–Trinajstić information content (AvgIpc) is 3.48. The molecule has 1 atom stereocenters. The minimum atomic E-state index is 0.00694. The molecule has 1 fully saturated rings. The number of nitrogens with one attached hydrogen (secondary N) is 3. The Labute approximate surface area is 192 Å². The maximum absolute atomic E-state index is 4.85. The first-order chi connectivity index (χ1) is 16.2. The van der Waals surface area contributed by atoms with Crippen LogP contribution in [-0.2, 0) is 0 Å². The second-order valence-corrected chi connectivity index (χ2v) is 8.89. The fraction of sp³-hybridized carbons (Fsp3) is 0.320. The number of aromatic amines is 2. The molecule has 168 valence electrons. The zero-order chi connectivity index (χ0) is 22.4. The Morgan fingerprint density at radius 3 is 2.58 bits per heavy atom. The van der Waals surface area contributed by atoms with Gasteiger partial charge in [0.25, 0.3) is 0 Å². The van der Waals surface area contributed by atoms with E-state index in [1.807, 2.05) is 19.3 Å². The summed E-state index contributed by atoms with van der Waals surface area (Å²) in [5.41, 5.74) is 7.44. The number of hydrogen-bond donors (Lipinski definition) is 3. The van der Waals surface area contributed by atoms with Crippen LogP contribution in [0.2, 0.25) is 0 Å². The van der Waals surface area contributed by atoms with Crippen molar-refractivity contribution in [1.82, 2.24) is 30.2 Å². The van der Waals surface area contributed by atoms with Crippen molar-refractivity contribution in [3.8, 4) is 11.4 Å². The third-order valence-corrected chi connectivity index (χ3v) is 6.70. The van der Waals surface area contributed by atoms with E-state index >= 15 is 0 Å². The van der Waals surface area contributed by atoms with Gasteiger partial charge in [-0.2, -0.15) is 0 Å². The summed E-state index contributed by atoms with van der Waals surface area (Å²) in [4.78, 5) is 26.1. The predicted molar refractivity (Wildman–Crippen MR) is 134 cm³/mol. The first kappa shape index (κ1) is 20.0. The van der Waals surface area contributed by atoms with Crippen molar-refractivity contribution < 1.29 is 0 Å². The van der Waals surface area contributed by atoms with E-state index in [0.29, 0.717) is 0 Å². The molecule has 6 rings (SSSR count). The van der Waals surface area contributed by atoms with Gasteiger partial charge in [0.15, 0.2) is 0 Å². The fourth-order valence-corrected chi connectivity index (χ4v) is 4.65. The molecule has 0 spiro atoms. The quantitative estimate of drug-likeness (QED) is 0.452. The number of imidazole rings is 2. The van der Waals surface area contributed by atoms with Crippen molar-refractivity contribution in [2.45, 2.75) is 12.5 Å². The number of likely N-dealkylation sites (N-methyl/N-ethyl adjacent to an activating group) is 1. The Kier molecular flexibility index (Phi) is 4.87. The van der Waals surface area contributed by atoms with Crippen LogP contribution in [-0.4, -0.2) is 71.3 Å². The molecule has 0 aliphatic carbocycles. The number of aromatic nitrogens is 4. The van der Waals surface area contributed by atoms with Crippen molar-refractivity contribution in [2.75, 3.05) is 45.2 Å². The second-order valence-electron chi connectivity index (χ2n) is 8.89. The first-order valence-electron chi connectivity index (χ1n) is 11.5. The molecule has 4 heterocycles. The molecule has 4 aromatic rings. The van der Waals surface area contributed by atoms with Crippen LogP contribution in [0, 0.1) is 0 Å². The van der Waals surface area contributed by atoms with Gasteiger partial charge in [-0.25, -0.2) is 9.97 Å². The van der Waals surface area contributed by atoms with Gasteiger partial charge in [-0.05, 0) is 49.5 Å². The van der Waals surface area contributed by atoms with E-state index in [1.54, 1.807) is 0 Å². The number of rotatable bonds is 4. The van der Waals surface area contributed by atoms with Crippen LogP contribution in [0.15, 0.2) is 53.2 Å². The van der Waals surface area contributed by atoms with E-state index in [0.717, 1.165) is 77.6 Å². The van der Waals surface area contributed by atoms with Gasteiger partial charge in [0.1, 0.15) is 17.7 Å². The normalized spacial score (nSPS) is 19.4. The minimum Gasteiger partial charge on any atom is -0.391 e. The Balaban J connectivity index is 1.28. The number of nitrogens with zero attached hydrogens (tertiary/aromatic N) is 5. The maximum Gasteiger partial charge on any atom is 0.138 e. The third kappa shape index (κ3) is 3.76. The molecule has 2 aliphatic rings. The van der Waals surface area contributed by atoms with E-state index in [1.165, 1.54) is 5.69 Å². The highest BCUT2D eigenvalue weighted by atomic mass is 15.2. The van der Waals surface area contributed by atoms with Crippen LogP contribution < -0.4 is 10.2 Å². The Morgan fingerprint density at radius 2 is 1.73 bits per heavy atom. The highest BCUT2D eigenvalue weighted by molar-refractivity contribution is 5.86. The van der Waals surface area contributed by atoms with Crippen LogP contribution in [0.5, 0.6) is 0 Å². The minimum absolute atomic E-state index is 0.00694. The van der Waals surface area contributed by atoms with E-state index in [4.69, 9.17) is 9.97 Å². The standard InChI is InChI=1S/C25H28N8/c1-26-17-7-8-27-23(14-17)25-29-19-5-3-16(13-21(19)31-25)24-28-20-6-4-18(15-22(20)30-24)33-11-9-32(2)10-12-33/h3-8,13,15,23,26H,9-12,14H2,1-2H3,(H,28,30)(H,29,31). The molecule has 2 aliphatic heterocycles. The van der Waals surface area contributed by atoms with Crippen LogP contribution in [0.3, 0.4) is 0 Å². The van der Waals surface area contributed by atoms with Crippen molar-refractivity contribution in [3.05, 3.63) is 54.0 Å². The number of piperazine rings is 1. The number of dihydropyridines is 1. The van der Waals surface area contributed by atoms with Crippen LogP contribution >= 0.6 is 0 Å². The fourth-order valence-electron chi connectivity index (χ4n) is 4.65. The molecule has 1 saturated heterocycles. The molecule has 2 aromatic carbocycles. The average molecular weight is 441 g/mol. The van der Waals surface area contributed by atoms with Gasteiger partial charge in [-0.15, -0.1) is 0 Å². The summed E-state index contributed by atoms with van der Waals surface area (Å²) in [7, 11) is 4.12. The third-order valence-electron chi connectivity index (χ3n) is 6.70. The van der Waals surface area contributed by atoms with Gasteiger partial charge in [0, 0.05) is 62.8 Å². The summed E-state index contributed by atoms with van der Waals surface area (Å²) in [5.74, 6) is 1.76. The molecule has 0 saturated carbocycles. The number of aliphatic imine (C=N–C) groups is 1. The number of hydrogen-bond acceptors (Lipinski definition) is 6. The van der Waals surface area contributed by atoms with Crippen LogP contribution in [0.1, 0.15) is 18.3 Å². The molecule has 2 aromatic heterocycles. The largest absolute Gasteiger partial charge is 0.391 e. The van der Waals surface area contributed by atoms with Gasteiger partial charge >= 0.3 is 0 Å². The zero-order valence-corrected chi connectivity index (χ0v) is 19.0. The molecular formula is C25H28N8. The number of anilines is 1. The van der Waals surface area contributed by atoms with Gasteiger partial charge in [-0.1, -0.05) is 0 Å². The monoisotopic (exact) mass is 440 g/mol. The second kappa shape index (κ2) is 8.04. The number of benzene rings is 2. The number of fused-ring (bicyclic) bond motifs is 2. The molecule has 0 amide bonds. The van der Waals surface area contributed by atoms with Gasteiger partial charge in [-0.3, -0.25) is 4.99 Å². The van der Waals surface area contributed by atoms with Crippen molar-refractivity contribution >= 4 is 34.0 Å². The Morgan fingerprint density at radius 1 is 0.939 bits per heavy atom. The molecule has 0 radical (unpaired) electrons. The van der Waals surface area contributed by atoms with E-state index in [2.05, 4.69) is 73.5 Å². The summed E-state index contributed by atoms with van der Waals surface area (Å²) in [6, 6.07) is 12.8. The summed E-state index contributed by atoms with van der Waals surface area (Å²) < 4.78 is 0. The molecule has 33 heavy (non-hydrogen) atoms. The van der Waals surface area contributed by atoms with Crippen LogP contribution in [0.4, 0.5) is 5.69 Å². The molecule has 1 unspecified atom stereocenters. The molecule has 0 bridgehead atoms. The lowest BCUT2D eigenvalue weighted by Gasteiger charge is -2.34. The van der Waals surface area contributed by atoms with Gasteiger partial charge < -0.3 is 25.1 Å². The van der Waals surface area contributed by atoms with Gasteiger partial charge in [0.05, 0.1) is 22.1 Å². The van der Waals surface area contributed by atoms with Crippen molar-refractivity contribution in [2.24, 2.45) is 4.99 Å². The Bertz CT molecular complexity index is 1370. The molecule has 8 heteroatoms. The first-order valence-corrected chi connectivity index (χ1v) is 11.5. The highest BCUT2D eigenvalue weighted by Gasteiger charge is 2.19. The van der Waals surface area contributed by atoms with E-state index < -0.39 is 0 Å². The summed E-state index contributed by atoms with van der Waals surface area (Å²) in [6.07, 6.45) is 4.68. The molecule has 8 nitrogen and oxygen atoms in total. The van der Waals surface area contributed by atoms with E-state index in [9.17, 15) is 0 Å². The lowest BCUT2D eigenvalue weighted by atomic mass is 10.1. The van der Waals surface area contributed by atoms with Crippen molar-refractivity contribution in [3.63, 3.8) is 0 Å². The number of allylic oxidation sites excluding steroid dienone is 1. The summed E-state index contributed by atoms with van der Waals surface area (Å²) in [5, 5.41) is 3.22. The number of H-pyrrole nitrogens is 2. The smallest absolute Gasteiger partial charge is 0.138 e. The lowest BCUT2D eigenvalue weighted by Crippen LogP contribution is -2.44. The van der Waals surface area contributed by atoms with Gasteiger partial charge in [0.2, 0.25) is 0 Å². The van der Waals surface area contributed by atoms with Crippen molar-refractivity contribution in [1.29, 1.82) is 0 Å². The summed E-state index contributed by atoms with van der Waals surface area (Å²) in [6.45, 7) is 4.30. The highest BCUT2D eigenvalue weighted by Crippen LogP contribution is 2.29. The van der Waals surface area contributed by atoms with E-state index in [-0.39, 0.29) is 6.04 Å². The Hall–Kier alpha value is -3.65. The summed E-state index contributed by atoms with van der Waals surface area (Å²) >= 11 is 0. The maximum atomic E-state index is 4.85. The lowest BCUT2D eigenvalue weighted by molar-refractivity contribution is 0.313. The zero-order valence-electron chi connectivity index (χ0n) is 19.0. The molecular weight excluding hydrogens is 412 g/mol. The topological polar surface area (TPSA) is 88.2 Å². The SMILES string of the molecule is CNC1=CC=NC(c2nc3ccc(-c4nc5ccc(N6CCN(C)CC6)cc5[nH]4)cc3[nH]2)C1. The van der Waals surface area contributed by atoms with Crippen LogP contribution in [0.25, 0.3) is 33.5 Å².